The lowest BCUT2D eigenvalue weighted by Gasteiger charge is -2.51. The van der Waals surface area contributed by atoms with Crippen LogP contribution in [0, 0.1) is 12.3 Å². The van der Waals surface area contributed by atoms with Gasteiger partial charge in [-0.05, 0) is 37.8 Å². The third-order valence-electron chi connectivity index (χ3n) is 6.06. The van der Waals surface area contributed by atoms with E-state index < -0.39 is 36.4 Å². The Bertz CT molecular complexity index is 698. The molecule has 0 unspecified atom stereocenters. The molecule has 156 valence electrons. The zero-order valence-electron chi connectivity index (χ0n) is 16.2. The van der Waals surface area contributed by atoms with Gasteiger partial charge in [-0.2, -0.15) is 13.2 Å². The van der Waals surface area contributed by atoms with E-state index in [4.69, 9.17) is 0 Å². The van der Waals surface area contributed by atoms with Crippen LogP contribution in [-0.4, -0.2) is 64.3 Å². The number of carbonyl (C=O) groups excluding carboxylic acids is 1. The zero-order valence-corrected chi connectivity index (χ0v) is 16.2. The topological polar surface area (TPSA) is 56.7 Å². The quantitative estimate of drug-likeness (QED) is 0.846. The minimum Gasteiger partial charge on any atom is -0.392 e. The Morgan fingerprint density at radius 2 is 2.14 bits per heavy atom. The largest absolute Gasteiger partial charge is 0.392 e. The lowest BCUT2D eigenvalue weighted by atomic mass is 9.71. The molecular formula is C20H28F3N3O2. The van der Waals surface area contributed by atoms with Crippen LogP contribution in [0.1, 0.15) is 43.4 Å². The van der Waals surface area contributed by atoms with Crippen molar-refractivity contribution in [2.24, 2.45) is 5.41 Å². The highest BCUT2D eigenvalue weighted by molar-refractivity contribution is 5.76. The van der Waals surface area contributed by atoms with Crippen molar-refractivity contribution in [1.82, 2.24) is 14.8 Å². The molecule has 1 aromatic rings. The minimum absolute atomic E-state index is 0.327. The Morgan fingerprint density at radius 3 is 2.86 bits per heavy atom. The Hall–Kier alpha value is -1.67. The fourth-order valence-electron chi connectivity index (χ4n) is 4.48. The second kappa shape index (κ2) is 8.37. The normalized spacial score (nSPS) is 26.6. The summed E-state index contributed by atoms with van der Waals surface area (Å²) in [5, 5.41) is 10.7. The van der Waals surface area contributed by atoms with E-state index in [9.17, 15) is 23.1 Å². The summed E-state index contributed by atoms with van der Waals surface area (Å²) >= 11 is 0. The Labute approximate surface area is 163 Å². The maximum Gasteiger partial charge on any atom is 0.389 e. The summed E-state index contributed by atoms with van der Waals surface area (Å²) in [5.41, 5.74) is 1.62. The Morgan fingerprint density at radius 1 is 1.36 bits per heavy atom. The number of nitrogens with zero attached hydrogens (tertiary/aromatic N) is 3. The number of hydrogen-bond acceptors (Lipinski definition) is 4. The first kappa shape index (κ1) is 21.0. The van der Waals surface area contributed by atoms with Crippen LogP contribution in [0.25, 0.3) is 0 Å². The number of amides is 1. The van der Waals surface area contributed by atoms with E-state index in [0.717, 1.165) is 30.8 Å². The van der Waals surface area contributed by atoms with Crippen molar-refractivity contribution >= 4 is 5.91 Å². The van der Waals surface area contributed by atoms with E-state index in [-0.39, 0.29) is 0 Å². The molecule has 2 fully saturated rings. The second-order valence-electron chi connectivity index (χ2n) is 8.16. The van der Waals surface area contributed by atoms with Gasteiger partial charge in [-0.15, -0.1) is 0 Å². The van der Waals surface area contributed by atoms with Crippen LogP contribution in [0.2, 0.25) is 0 Å². The van der Waals surface area contributed by atoms with Gasteiger partial charge in [-0.3, -0.25) is 14.7 Å². The fourth-order valence-corrected chi connectivity index (χ4v) is 4.48. The number of hydrogen-bond donors (Lipinski definition) is 1. The minimum atomic E-state index is -4.33. The third-order valence-corrected chi connectivity index (χ3v) is 6.06. The van der Waals surface area contributed by atoms with Crippen molar-refractivity contribution in [3.8, 4) is 0 Å². The third kappa shape index (κ3) is 5.03. The molecule has 5 nitrogen and oxygen atoms in total. The van der Waals surface area contributed by atoms with Crippen LogP contribution in [0.5, 0.6) is 0 Å². The molecular weight excluding hydrogens is 371 g/mol. The van der Waals surface area contributed by atoms with E-state index in [2.05, 4.69) is 9.88 Å². The SMILES string of the molecule is Cc1ncccc1CN1CC[C@@H](O)[C@]2(CCCN(C(=O)CCC(F)(F)F)C2)C1. The van der Waals surface area contributed by atoms with Gasteiger partial charge in [0.05, 0.1) is 12.5 Å². The molecule has 2 aliphatic heterocycles. The van der Waals surface area contributed by atoms with E-state index in [1.54, 1.807) is 6.20 Å². The molecule has 2 aliphatic rings. The molecule has 0 radical (unpaired) electrons. The summed E-state index contributed by atoms with van der Waals surface area (Å²) in [4.78, 5) is 20.4. The number of likely N-dealkylation sites (tertiary alicyclic amines) is 2. The van der Waals surface area contributed by atoms with Crippen molar-refractivity contribution in [2.75, 3.05) is 26.2 Å². The molecule has 1 spiro atoms. The number of carbonyl (C=O) groups is 1. The molecule has 1 N–H and O–H groups in total. The Kier molecular flexibility index (Phi) is 6.29. The zero-order chi connectivity index (χ0) is 20.4. The van der Waals surface area contributed by atoms with Crippen molar-refractivity contribution in [3.05, 3.63) is 29.6 Å². The molecule has 0 aromatic carbocycles. The number of piperidine rings is 2. The summed E-state index contributed by atoms with van der Waals surface area (Å²) in [6.45, 7) is 4.85. The number of aryl methyl sites for hydroxylation is 1. The van der Waals surface area contributed by atoms with Crippen molar-refractivity contribution in [2.45, 2.75) is 57.9 Å². The van der Waals surface area contributed by atoms with Crippen molar-refractivity contribution in [1.29, 1.82) is 0 Å². The molecule has 1 aromatic heterocycles. The highest BCUT2D eigenvalue weighted by Gasteiger charge is 2.46. The molecule has 8 heteroatoms. The number of aromatic nitrogens is 1. The highest BCUT2D eigenvalue weighted by Crippen LogP contribution is 2.39. The van der Waals surface area contributed by atoms with Gasteiger partial charge >= 0.3 is 6.18 Å². The maximum absolute atomic E-state index is 12.5. The summed E-state index contributed by atoms with van der Waals surface area (Å²) in [6.07, 6.45) is -2.65. The Balaban J connectivity index is 1.66. The number of halogens is 3. The first-order valence-electron chi connectivity index (χ1n) is 9.84. The number of aliphatic hydroxyl groups is 1. The van der Waals surface area contributed by atoms with Crippen LogP contribution in [-0.2, 0) is 11.3 Å². The van der Waals surface area contributed by atoms with Crippen LogP contribution in [0.15, 0.2) is 18.3 Å². The monoisotopic (exact) mass is 399 g/mol. The van der Waals surface area contributed by atoms with Gasteiger partial charge in [0.15, 0.2) is 0 Å². The second-order valence-corrected chi connectivity index (χ2v) is 8.16. The lowest BCUT2D eigenvalue weighted by Crippen LogP contribution is -2.59. The van der Waals surface area contributed by atoms with Crippen LogP contribution < -0.4 is 0 Å². The smallest absolute Gasteiger partial charge is 0.389 e. The van der Waals surface area contributed by atoms with Gasteiger partial charge < -0.3 is 10.0 Å². The van der Waals surface area contributed by atoms with Crippen molar-refractivity contribution in [3.63, 3.8) is 0 Å². The van der Waals surface area contributed by atoms with E-state index in [0.29, 0.717) is 32.5 Å². The molecule has 0 bridgehead atoms. The van der Waals surface area contributed by atoms with E-state index in [1.165, 1.54) is 4.90 Å². The fraction of sp³-hybridized carbons (Fsp3) is 0.700. The molecule has 0 aliphatic carbocycles. The number of rotatable bonds is 4. The first-order valence-corrected chi connectivity index (χ1v) is 9.84. The average Bonchev–Trinajstić information content (AvgIpc) is 2.64. The highest BCUT2D eigenvalue weighted by atomic mass is 19.4. The van der Waals surface area contributed by atoms with Crippen LogP contribution in [0.4, 0.5) is 13.2 Å². The standard InChI is InChI=1S/C20H28F3N3O2/c1-15-16(4-2-9-24-15)12-25-11-6-17(27)19(13-25)7-3-10-26(14-19)18(28)5-8-20(21,22)23/h2,4,9,17,27H,3,5-8,10-14H2,1H3/t17-,19-/m1/s1. The molecule has 3 heterocycles. The van der Waals surface area contributed by atoms with E-state index >= 15 is 0 Å². The molecule has 3 rings (SSSR count). The van der Waals surface area contributed by atoms with Gasteiger partial charge in [0.25, 0.3) is 0 Å². The molecule has 2 atom stereocenters. The van der Waals surface area contributed by atoms with Crippen molar-refractivity contribution < 1.29 is 23.1 Å². The van der Waals surface area contributed by atoms with Gasteiger partial charge in [0, 0.05) is 56.5 Å². The maximum atomic E-state index is 12.5. The number of pyridine rings is 1. The van der Waals surface area contributed by atoms with Gasteiger partial charge in [0.2, 0.25) is 5.91 Å². The first-order chi connectivity index (χ1) is 13.2. The van der Waals surface area contributed by atoms with Gasteiger partial charge in [0.1, 0.15) is 0 Å². The molecule has 28 heavy (non-hydrogen) atoms. The summed E-state index contributed by atoms with van der Waals surface area (Å²) < 4.78 is 37.4. The molecule has 0 saturated carbocycles. The van der Waals surface area contributed by atoms with Gasteiger partial charge in [-0.25, -0.2) is 0 Å². The summed E-state index contributed by atoms with van der Waals surface area (Å²) in [7, 11) is 0. The lowest BCUT2D eigenvalue weighted by molar-refractivity contribution is -0.154. The summed E-state index contributed by atoms with van der Waals surface area (Å²) in [5.74, 6) is -0.469. The molecule has 2 saturated heterocycles. The summed E-state index contributed by atoms with van der Waals surface area (Å²) in [6, 6.07) is 3.94. The van der Waals surface area contributed by atoms with Crippen LogP contribution in [0.3, 0.4) is 0 Å². The van der Waals surface area contributed by atoms with Crippen LogP contribution >= 0.6 is 0 Å². The van der Waals surface area contributed by atoms with Gasteiger partial charge in [-0.1, -0.05) is 6.07 Å². The number of alkyl halides is 3. The predicted octanol–water partition coefficient (Wildman–Crippen LogP) is 2.91. The number of aliphatic hydroxyl groups excluding tert-OH is 1. The van der Waals surface area contributed by atoms with E-state index in [1.807, 2.05) is 19.1 Å². The molecule has 1 amide bonds. The predicted molar refractivity (Wildman–Crippen MR) is 98.4 cm³/mol. The average molecular weight is 399 g/mol.